The van der Waals surface area contributed by atoms with Gasteiger partial charge < -0.3 is 10.1 Å². The molecule has 0 spiro atoms. The normalized spacial score (nSPS) is 22.7. The van der Waals surface area contributed by atoms with E-state index in [-0.39, 0.29) is 30.9 Å². The van der Waals surface area contributed by atoms with Crippen LogP contribution in [-0.2, 0) is 24.3 Å². The van der Waals surface area contributed by atoms with E-state index in [1.165, 1.54) is 16.7 Å². The number of rotatable bonds is 8. The Labute approximate surface area is 187 Å². The highest BCUT2D eigenvalue weighted by Crippen LogP contribution is 2.48. The van der Waals surface area contributed by atoms with Gasteiger partial charge in [0.1, 0.15) is 5.75 Å². The number of benzene rings is 2. The summed E-state index contributed by atoms with van der Waals surface area (Å²) in [5.74, 6) is -2.07. The Balaban J connectivity index is 1.13. The molecule has 6 heteroatoms. The highest BCUT2D eigenvalue weighted by atomic mass is 19.3. The van der Waals surface area contributed by atoms with E-state index in [1.807, 2.05) is 19.1 Å². The third-order valence-electron chi connectivity index (χ3n) is 6.87. The molecule has 170 valence electrons. The molecule has 0 radical (unpaired) electrons. The van der Waals surface area contributed by atoms with Crippen LogP contribution in [0.1, 0.15) is 54.5 Å². The fraction of sp³-hybridized carbons (Fsp3) is 0.500. The molecule has 1 aliphatic heterocycles. The Morgan fingerprint density at radius 2 is 1.94 bits per heavy atom. The average Bonchev–Trinajstić information content (AvgIpc) is 3.70. The highest BCUT2D eigenvalue weighted by molar-refractivity contribution is 5.81. The summed E-state index contributed by atoms with van der Waals surface area (Å²) >= 11 is 0. The number of halogens is 2. The summed E-state index contributed by atoms with van der Waals surface area (Å²) in [5.41, 5.74) is 4.90. The average molecular weight is 441 g/mol. The second kappa shape index (κ2) is 8.47. The largest absolute Gasteiger partial charge is 0.493 e. The van der Waals surface area contributed by atoms with E-state index in [9.17, 15) is 13.6 Å². The fourth-order valence-electron chi connectivity index (χ4n) is 4.39. The van der Waals surface area contributed by atoms with Crippen LogP contribution in [-0.4, -0.2) is 29.9 Å². The zero-order valence-electron chi connectivity index (χ0n) is 18.4. The van der Waals surface area contributed by atoms with Crippen LogP contribution in [0, 0.1) is 11.8 Å². The summed E-state index contributed by atoms with van der Waals surface area (Å²) in [4.78, 5) is 14.4. The van der Waals surface area contributed by atoms with Crippen molar-refractivity contribution in [1.82, 2.24) is 10.2 Å². The van der Waals surface area contributed by atoms with Crippen molar-refractivity contribution in [3.05, 3.63) is 64.7 Å². The predicted octanol–water partition coefficient (Wildman–Crippen LogP) is 4.87. The number of amides is 1. The van der Waals surface area contributed by atoms with Gasteiger partial charge in [-0.3, -0.25) is 9.69 Å². The van der Waals surface area contributed by atoms with Crippen LogP contribution in [0.15, 0.2) is 42.5 Å². The van der Waals surface area contributed by atoms with Gasteiger partial charge in [-0.25, -0.2) is 8.78 Å². The van der Waals surface area contributed by atoms with E-state index in [2.05, 4.69) is 40.5 Å². The number of carbonyl (C=O) groups is 1. The first-order valence-electron chi connectivity index (χ1n) is 11.6. The molecule has 5 rings (SSSR count). The first-order chi connectivity index (χ1) is 15.4. The quantitative estimate of drug-likeness (QED) is 0.637. The lowest BCUT2D eigenvalue weighted by Crippen LogP contribution is -2.30. The molecular formula is C26H30F2N2O2. The molecule has 32 heavy (non-hydrogen) atoms. The summed E-state index contributed by atoms with van der Waals surface area (Å²) in [7, 11) is 0. The third-order valence-corrected chi connectivity index (χ3v) is 6.87. The fourth-order valence-corrected chi connectivity index (χ4v) is 4.39. The maximum atomic E-state index is 13.0. The maximum absolute atomic E-state index is 13.0. The van der Waals surface area contributed by atoms with E-state index in [0.29, 0.717) is 5.75 Å². The number of hydrogen-bond acceptors (Lipinski definition) is 3. The standard InChI is InChI=1S/C26H30F2N2O2/c1-17(29-25(31)20-6-7-20)19-4-2-18(3-5-19)14-30-11-10-21-12-24(9-8-22(21)15-30)32-16-23-13-26(23,27)28/h2-5,8-9,12,17,20,23H,6-7,10-11,13-16H2,1H3,(H,29,31)/t17-,23+/m0/s1. The molecule has 2 aromatic rings. The number of carbonyl (C=O) groups excluding carboxylic acids is 1. The molecule has 1 N–H and O–H groups in total. The van der Waals surface area contributed by atoms with Crippen molar-refractivity contribution in [2.75, 3.05) is 13.2 Å². The number of ether oxygens (including phenoxy) is 1. The van der Waals surface area contributed by atoms with Crippen molar-refractivity contribution in [3.8, 4) is 5.75 Å². The molecule has 2 atom stereocenters. The molecule has 3 aliphatic rings. The Morgan fingerprint density at radius 3 is 2.62 bits per heavy atom. The van der Waals surface area contributed by atoms with Gasteiger partial charge in [-0.15, -0.1) is 0 Å². The zero-order chi connectivity index (χ0) is 22.3. The summed E-state index contributed by atoms with van der Waals surface area (Å²) in [6, 6.07) is 14.5. The van der Waals surface area contributed by atoms with Crippen LogP contribution in [0.5, 0.6) is 5.75 Å². The molecule has 2 aliphatic carbocycles. The van der Waals surface area contributed by atoms with Crippen molar-refractivity contribution < 1.29 is 18.3 Å². The second-order valence-corrected chi connectivity index (χ2v) is 9.61. The minimum atomic E-state index is -2.53. The van der Waals surface area contributed by atoms with Crippen LogP contribution in [0.2, 0.25) is 0 Å². The molecule has 1 amide bonds. The number of nitrogens with one attached hydrogen (secondary N) is 1. The van der Waals surface area contributed by atoms with E-state index in [4.69, 9.17) is 4.74 Å². The molecule has 0 unspecified atom stereocenters. The third kappa shape index (κ3) is 4.96. The van der Waals surface area contributed by atoms with Crippen LogP contribution >= 0.6 is 0 Å². The van der Waals surface area contributed by atoms with Gasteiger partial charge in [0.15, 0.2) is 0 Å². The van der Waals surface area contributed by atoms with Gasteiger partial charge in [0.25, 0.3) is 5.92 Å². The van der Waals surface area contributed by atoms with Gasteiger partial charge in [-0.05, 0) is 60.6 Å². The molecular weight excluding hydrogens is 410 g/mol. The Bertz CT molecular complexity index is 988. The predicted molar refractivity (Wildman–Crippen MR) is 119 cm³/mol. The molecule has 0 saturated heterocycles. The van der Waals surface area contributed by atoms with Crippen molar-refractivity contribution in [2.45, 2.75) is 57.7 Å². The first-order valence-corrected chi connectivity index (χ1v) is 11.6. The van der Waals surface area contributed by atoms with Gasteiger partial charge in [-0.2, -0.15) is 0 Å². The lowest BCUT2D eigenvalue weighted by atomic mass is 9.98. The number of hydrogen-bond donors (Lipinski definition) is 1. The van der Waals surface area contributed by atoms with Crippen molar-refractivity contribution >= 4 is 5.91 Å². The molecule has 0 bridgehead atoms. The van der Waals surface area contributed by atoms with E-state index in [1.54, 1.807) is 0 Å². The molecule has 4 nitrogen and oxygen atoms in total. The minimum absolute atomic E-state index is 0.0292. The molecule has 2 aromatic carbocycles. The number of fused-ring (bicyclic) bond motifs is 1. The summed E-state index contributed by atoms with van der Waals surface area (Å²) in [5, 5.41) is 3.10. The van der Waals surface area contributed by atoms with Crippen molar-refractivity contribution in [1.29, 1.82) is 0 Å². The minimum Gasteiger partial charge on any atom is -0.493 e. The van der Waals surface area contributed by atoms with Gasteiger partial charge in [0, 0.05) is 32.0 Å². The lowest BCUT2D eigenvalue weighted by molar-refractivity contribution is -0.122. The number of alkyl halides is 2. The van der Waals surface area contributed by atoms with Gasteiger partial charge >= 0.3 is 0 Å². The van der Waals surface area contributed by atoms with Crippen molar-refractivity contribution in [3.63, 3.8) is 0 Å². The second-order valence-electron chi connectivity index (χ2n) is 9.61. The van der Waals surface area contributed by atoms with E-state index >= 15 is 0 Å². The topological polar surface area (TPSA) is 41.6 Å². The lowest BCUT2D eigenvalue weighted by Gasteiger charge is -2.29. The molecule has 0 aromatic heterocycles. The van der Waals surface area contributed by atoms with Crippen LogP contribution in [0.25, 0.3) is 0 Å². The Hall–Kier alpha value is -2.47. The van der Waals surface area contributed by atoms with Gasteiger partial charge in [0.05, 0.1) is 18.6 Å². The Morgan fingerprint density at radius 1 is 1.19 bits per heavy atom. The van der Waals surface area contributed by atoms with E-state index in [0.717, 1.165) is 44.5 Å². The number of nitrogens with zero attached hydrogens (tertiary/aromatic N) is 1. The molecule has 2 fully saturated rings. The first kappa shape index (κ1) is 21.4. The van der Waals surface area contributed by atoms with Crippen molar-refractivity contribution in [2.24, 2.45) is 11.8 Å². The van der Waals surface area contributed by atoms with Crippen LogP contribution in [0.4, 0.5) is 8.78 Å². The van der Waals surface area contributed by atoms with E-state index < -0.39 is 11.8 Å². The molecule has 1 heterocycles. The van der Waals surface area contributed by atoms with Crippen LogP contribution < -0.4 is 10.1 Å². The van der Waals surface area contributed by atoms with Crippen LogP contribution in [0.3, 0.4) is 0 Å². The van der Waals surface area contributed by atoms with Gasteiger partial charge in [0.2, 0.25) is 5.91 Å². The summed E-state index contributed by atoms with van der Waals surface area (Å²) in [6.45, 7) is 4.82. The molecule has 2 saturated carbocycles. The SMILES string of the molecule is C[C@H](NC(=O)C1CC1)c1ccc(CN2CCc3cc(OC[C@H]4CC4(F)F)ccc3C2)cc1. The summed E-state index contributed by atoms with van der Waals surface area (Å²) in [6.07, 6.45) is 2.91. The monoisotopic (exact) mass is 440 g/mol. The Kier molecular flexibility index (Phi) is 5.66. The summed E-state index contributed by atoms with van der Waals surface area (Å²) < 4.78 is 31.7. The highest BCUT2D eigenvalue weighted by Gasteiger charge is 2.57. The maximum Gasteiger partial charge on any atom is 0.255 e. The van der Waals surface area contributed by atoms with Gasteiger partial charge in [-0.1, -0.05) is 30.3 Å². The smallest absolute Gasteiger partial charge is 0.255 e. The zero-order valence-corrected chi connectivity index (χ0v) is 18.4.